The van der Waals surface area contributed by atoms with Crippen LogP contribution in [0, 0.1) is 5.92 Å². The molecule has 0 radical (unpaired) electrons. The number of piperidine rings is 1. The highest BCUT2D eigenvalue weighted by atomic mass is 16.5. The first-order valence-electron chi connectivity index (χ1n) is 5.82. The molecule has 0 aliphatic carbocycles. The van der Waals surface area contributed by atoms with E-state index >= 15 is 0 Å². The SMILES string of the molecule is C=C(OCC)N1CCC(CC)C(OC)C1. The van der Waals surface area contributed by atoms with Crippen molar-refractivity contribution in [3.05, 3.63) is 12.5 Å². The van der Waals surface area contributed by atoms with Crippen molar-refractivity contribution in [2.75, 3.05) is 26.8 Å². The Kier molecular flexibility index (Phi) is 4.95. The average Bonchev–Trinajstić information content (AvgIpc) is 2.28. The fourth-order valence-corrected chi connectivity index (χ4v) is 2.18. The molecule has 15 heavy (non-hydrogen) atoms. The number of hydrogen-bond donors (Lipinski definition) is 0. The van der Waals surface area contributed by atoms with Crippen LogP contribution in [-0.2, 0) is 9.47 Å². The van der Waals surface area contributed by atoms with Crippen molar-refractivity contribution in [1.82, 2.24) is 4.90 Å². The normalized spacial score (nSPS) is 26.5. The first-order valence-corrected chi connectivity index (χ1v) is 5.82. The molecule has 1 aliphatic rings. The highest BCUT2D eigenvalue weighted by Gasteiger charge is 2.28. The van der Waals surface area contributed by atoms with Crippen molar-refractivity contribution in [2.24, 2.45) is 5.92 Å². The van der Waals surface area contributed by atoms with E-state index < -0.39 is 0 Å². The van der Waals surface area contributed by atoms with Crippen LogP contribution in [0.1, 0.15) is 26.7 Å². The lowest BCUT2D eigenvalue weighted by Crippen LogP contribution is -2.44. The topological polar surface area (TPSA) is 21.7 Å². The van der Waals surface area contributed by atoms with E-state index in [2.05, 4.69) is 18.4 Å². The lowest BCUT2D eigenvalue weighted by atomic mass is 9.91. The second-order valence-electron chi connectivity index (χ2n) is 4.00. The summed E-state index contributed by atoms with van der Waals surface area (Å²) in [5.41, 5.74) is 0. The maximum atomic E-state index is 5.51. The van der Waals surface area contributed by atoms with Crippen molar-refractivity contribution >= 4 is 0 Å². The Bertz CT molecular complexity index is 206. The third-order valence-corrected chi connectivity index (χ3v) is 3.19. The fourth-order valence-electron chi connectivity index (χ4n) is 2.18. The monoisotopic (exact) mass is 213 g/mol. The van der Waals surface area contributed by atoms with Crippen molar-refractivity contribution in [2.45, 2.75) is 32.8 Å². The molecule has 0 saturated carbocycles. The van der Waals surface area contributed by atoms with Crippen LogP contribution < -0.4 is 0 Å². The van der Waals surface area contributed by atoms with Crippen molar-refractivity contribution in [1.29, 1.82) is 0 Å². The van der Waals surface area contributed by atoms with E-state index in [0.717, 1.165) is 19.0 Å². The summed E-state index contributed by atoms with van der Waals surface area (Å²) < 4.78 is 10.9. The minimum absolute atomic E-state index is 0.320. The number of methoxy groups -OCH3 is 1. The Labute approximate surface area is 93.0 Å². The van der Waals surface area contributed by atoms with Crippen LogP contribution in [0.3, 0.4) is 0 Å². The molecule has 0 spiro atoms. The molecule has 88 valence electrons. The van der Waals surface area contributed by atoms with E-state index in [1.54, 1.807) is 7.11 Å². The lowest BCUT2D eigenvalue weighted by Gasteiger charge is -2.38. The van der Waals surface area contributed by atoms with Gasteiger partial charge in [-0.25, -0.2) is 0 Å². The van der Waals surface area contributed by atoms with Crippen molar-refractivity contribution < 1.29 is 9.47 Å². The summed E-state index contributed by atoms with van der Waals surface area (Å²) >= 11 is 0. The summed E-state index contributed by atoms with van der Waals surface area (Å²) in [6.45, 7) is 10.8. The maximum absolute atomic E-state index is 5.51. The summed E-state index contributed by atoms with van der Waals surface area (Å²) in [6, 6.07) is 0. The van der Waals surface area contributed by atoms with Crippen LogP contribution in [-0.4, -0.2) is 37.8 Å². The summed E-state index contributed by atoms with van der Waals surface area (Å²) in [7, 11) is 1.79. The van der Waals surface area contributed by atoms with Gasteiger partial charge in [-0.2, -0.15) is 0 Å². The molecule has 0 bridgehead atoms. The van der Waals surface area contributed by atoms with E-state index in [1.807, 2.05) is 6.92 Å². The zero-order chi connectivity index (χ0) is 11.3. The molecule has 1 heterocycles. The van der Waals surface area contributed by atoms with E-state index in [9.17, 15) is 0 Å². The van der Waals surface area contributed by atoms with Gasteiger partial charge in [0.1, 0.15) is 0 Å². The second-order valence-corrected chi connectivity index (χ2v) is 4.00. The Hall–Kier alpha value is -0.700. The number of likely N-dealkylation sites (tertiary alicyclic amines) is 1. The van der Waals surface area contributed by atoms with Crippen molar-refractivity contribution in [3.63, 3.8) is 0 Å². The largest absolute Gasteiger partial charge is 0.480 e. The van der Waals surface area contributed by atoms with E-state index in [1.165, 1.54) is 12.8 Å². The van der Waals surface area contributed by atoms with Crippen LogP contribution in [0.25, 0.3) is 0 Å². The molecule has 1 saturated heterocycles. The molecular weight excluding hydrogens is 190 g/mol. The predicted octanol–water partition coefficient (Wildman–Crippen LogP) is 2.24. The molecule has 1 rings (SSSR count). The van der Waals surface area contributed by atoms with Gasteiger partial charge >= 0.3 is 0 Å². The minimum atomic E-state index is 0.320. The molecule has 3 heteroatoms. The van der Waals surface area contributed by atoms with E-state index in [4.69, 9.17) is 9.47 Å². The quantitative estimate of drug-likeness (QED) is 0.654. The van der Waals surface area contributed by atoms with Crippen LogP contribution in [0.4, 0.5) is 0 Å². The second kappa shape index (κ2) is 6.01. The van der Waals surface area contributed by atoms with Crippen LogP contribution >= 0.6 is 0 Å². The molecule has 2 unspecified atom stereocenters. The van der Waals surface area contributed by atoms with Crippen LogP contribution in [0.5, 0.6) is 0 Å². The Morgan fingerprint density at radius 2 is 2.20 bits per heavy atom. The molecular formula is C12H23NO2. The summed E-state index contributed by atoms with van der Waals surface area (Å²) in [5, 5.41) is 0. The molecule has 3 nitrogen and oxygen atoms in total. The van der Waals surface area contributed by atoms with Gasteiger partial charge in [0.15, 0.2) is 5.88 Å². The molecule has 0 aromatic carbocycles. The summed E-state index contributed by atoms with van der Waals surface area (Å²) in [4.78, 5) is 2.18. The Morgan fingerprint density at radius 1 is 1.47 bits per heavy atom. The molecule has 0 N–H and O–H groups in total. The third-order valence-electron chi connectivity index (χ3n) is 3.19. The highest BCUT2D eigenvalue weighted by molar-refractivity contribution is 4.90. The van der Waals surface area contributed by atoms with Gasteiger partial charge in [0.25, 0.3) is 0 Å². The molecule has 0 aromatic heterocycles. The minimum Gasteiger partial charge on any atom is -0.480 e. The standard InChI is InChI=1S/C12H23NO2/c1-5-11-7-8-13(9-12(11)14-4)10(3)15-6-2/h11-12H,3,5-9H2,1-2,4H3. The molecule has 2 atom stereocenters. The van der Waals surface area contributed by atoms with Crippen LogP contribution in [0.2, 0.25) is 0 Å². The van der Waals surface area contributed by atoms with Gasteiger partial charge in [0.05, 0.1) is 12.7 Å². The van der Waals surface area contributed by atoms with Gasteiger partial charge in [0, 0.05) is 20.2 Å². The smallest absolute Gasteiger partial charge is 0.181 e. The van der Waals surface area contributed by atoms with Gasteiger partial charge in [0.2, 0.25) is 0 Å². The maximum Gasteiger partial charge on any atom is 0.181 e. The number of nitrogens with zero attached hydrogens (tertiary/aromatic N) is 1. The third kappa shape index (κ3) is 3.13. The lowest BCUT2D eigenvalue weighted by molar-refractivity contribution is -0.0221. The molecule has 0 aromatic rings. The first-order chi connectivity index (χ1) is 7.22. The average molecular weight is 213 g/mol. The first kappa shape index (κ1) is 12.4. The van der Waals surface area contributed by atoms with E-state index in [0.29, 0.717) is 18.6 Å². The Balaban J connectivity index is 2.48. The summed E-state index contributed by atoms with van der Waals surface area (Å²) in [5.74, 6) is 1.47. The van der Waals surface area contributed by atoms with Crippen molar-refractivity contribution in [3.8, 4) is 0 Å². The summed E-state index contributed by atoms with van der Waals surface area (Å²) in [6.07, 6.45) is 2.68. The number of rotatable bonds is 5. The van der Waals surface area contributed by atoms with Gasteiger partial charge in [-0.1, -0.05) is 13.3 Å². The van der Waals surface area contributed by atoms with Gasteiger partial charge in [-0.15, -0.1) is 0 Å². The molecule has 1 aliphatic heterocycles. The van der Waals surface area contributed by atoms with Gasteiger partial charge < -0.3 is 14.4 Å². The molecule has 1 fully saturated rings. The number of ether oxygens (including phenoxy) is 2. The number of hydrogen-bond acceptors (Lipinski definition) is 3. The Morgan fingerprint density at radius 3 is 2.73 bits per heavy atom. The van der Waals surface area contributed by atoms with Crippen LogP contribution in [0.15, 0.2) is 12.5 Å². The predicted molar refractivity (Wildman–Crippen MR) is 61.5 cm³/mol. The molecule has 0 amide bonds. The van der Waals surface area contributed by atoms with E-state index in [-0.39, 0.29) is 0 Å². The van der Waals surface area contributed by atoms with Gasteiger partial charge in [-0.05, 0) is 25.8 Å². The fraction of sp³-hybridized carbons (Fsp3) is 0.833. The van der Waals surface area contributed by atoms with Gasteiger partial charge in [-0.3, -0.25) is 0 Å². The zero-order valence-corrected chi connectivity index (χ0v) is 10.2. The zero-order valence-electron chi connectivity index (χ0n) is 10.2. The highest BCUT2D eigenvalue weighted by Crippen LogP contribution is 2.24.